The number of aromatic amines is 1. The summed E-state index contributed by atoms with van der Waals surface area (Å²) in [4.78, 5) is 19.7. The van der Waals surface area contributed by atoms with Crippen molar-refractivity contribution in [2.24, 2.45) is 0 Å². The third-order valence-electron chi connectivity index (χ3n) is 4.39. The molecule has 2 heterocycles. The quantitative estimate of drug-likeness (QED) is 0.711. The van der Waals surface area contributed by atoms with E-state index in [1.165, 1.54) is 12.1 Å². The van der Waals surface area contributed by atoms with E-state index in [0.29, 0.717) is 24.0 Å². The van der Waals surface area contributed by atoms with Crippen LogP contribution in [-0.4, -0.2) is 9.97 Å². The van der Waals surface area contributed by atoms with E-state index in [4.69, 9.17) is 0 Å². The Hall–Kier alpha value is -2.89. The molecule has 0 radical (unpaired) electrons. The molecule has 1 N–H and O–H groups in total. The molecule has 0 amide bonds. The van der Waals surface area contributed by atoms with Gasteiger partial charge in [0.25, 0.3) is 0 Å². The van der Waals surface area contributed by atoms with Gasteiger partial charge in [0.1, 0.15) is 0 Å². The van der Waals surface area contributed by atoms with Crippen LogP contribution in [0.3, 0.4) is 0 Å². The zero-order chi connectivity index (χ0) is 19.6. The molecule has 0 saturated heterocycles. The minimum absolute atomic E-state index is 0.0673. The number of hydrogen-bond donors (Lipinski definition) is 1. The number of nitrogens with zero attached hydrogens (tertiary/aromatic N) is 1. The van der Waals surface area contributed by atoms with E-state index in [0.717, 1.165) is 28.7 Å². The van der Waals surface area contributed by atoms with Gasteiger partial charge in [-0.2, -0.15) is 13.2 Å². The number of pyridine rings is 2. The minimum Gasteiger partial charge on any atom is -0.362 e. The molecule has 0 aliphatic carbocycles. The van der Waals surface area contributed by atoms with Crippen molar-refractivity contribution in [2.75, 3.05) is 0 Å². The van der Waals surface area contributed by atoms with E-state index in [1.807, 2.05) is 26.0 Å². The first-order valence-electron chi connectivity index (χ1n) is 8.56. The van der Waals surface area contributed by atoms with Crippen molar-refractivity contribution >= 4 is 0 Å². The zero-order valence-corrected chi connectivity index (χ0v) is 15.0. The lowest BCUT2D eigenvalue weighted by atomic mass is 10.0. The normalized spacial score (nSPS) is 11.6. The number of H-pyrrole nitrogens is 1. The summed E-state index contributed by atoms with van der Waals surface area (Å²) in [6.07, 6.45) is -1.73. The van der Waals surface area contributed by atoms with Gasteiger partial charge in [-0.1, -0.05) is 24.3 Å². The third kappa shape index (κ3) is 4.45. The highest BCUT2D eigenvalue weighted by atomic mass is 19.4. The maximum absolute atomic E-state index is 12.8. The molecule has 0 aliphatic rings. The summed E-state index contributed by atoms with van der Waals surface area (Å²) in [6, 6.07) is 10.5. The summed E-state index contributed by atoms with van der Waals surface area (Å²) in [7, 11) is 0. The Bertz CT molecular complexity index is 1010. The molecule has 0 aliphatic heterocycles. The number of nitrogens with one attached hydrogen (secondary N) is 1. The molecule has 3 aromatic rings. The molecule has 6 heteroatoms. The topological polar surface area (TPSA) is 45.8 Å². The van der Waals surface area contributed by atoms with Crippen LogP contribution in [0.2, 0.25) is 0 Å². The second kappa shape index (κ2) is 7.39. The summed E-state index contributed by atoms with van der Waals surface area (Å²) in [6.45, 7) is 3.67. The van der Waals surface area contributed by atoms with Gasteiger partial charge < -0.3 is 4.98 Å². The maximum atomic E-state index is 12.8. The largest absolute Gasteiger partial charge is 0.416 e. The van der Waals surface area contributed by atoms with Crippen LogP contribution in [0, 0.1) is 13.8 Å². The number of alkyl halides is 3. The number of aromatic nitrogens is 2. The molecule has 2 aromatic heterocycles. The molecule has 1 aromatic carbocycles. The van der Waals surface area contributed by atoms with Gasteiger partial charge >= 0.3 is 6.18 Å². The summed E-state index contributed by atoms with van der Waals surface area (Å²) >= 11 is 0. The number of rotatable bonds is 4. The second-order valence-corrected chi connectivity index (χ2v) is 6.55. The third-order valence-corrected chi connectivity index (χ3v) is 4.39. The number of hydrogen-bond acceptors (Lipinski definition) is 2. The molecule has 0 atom stereocenters. The highest BCUT2D eigenvalue weighted by molar-refractivity contribution is 5.64. The first-order chi connectivity index (χ1) is 12.7. The van der Waals surface area contributed by atoms with Crippen molar-refractivity contribution in [3.63, 3.8) is 0 Å². The first-order valence-corrected chi connectivity index (χ1v) is 8.56. The van der Waals surface area contributed by atoms with Crippen molar-refractivity contribution in [3.8, 4) is 11.1 Å². The van der Waals surface area contributed by atoms with Crippen molar-refractivity contribution in [3.05, 3.63) is 87.1 Å². The van der Waals surface area contributed by atoms with Gasteiger partial charge in [0.15, 0.2) is 5.43 Å². The molecule has 140 valence electrons. The molecule has 0 fully saturated rings. The second-order valence-electron chi connectivity index (χ2n) is 6.55. The van der Waals surface area contributed by atoms with Crippen LogP contribution < -0.4 is 5.43 Å². The number of halogens is 3. The lowest BCUT2D eigenvalue weighted by Gasteiger charge is -2.09. The average Bonchev–Trinajstić information content (AvgIpc) is 2.60. The van der Waals surface area contributed by atoms with Crippen LogP contribution in [-0.2, 0) is 19.0 Å². The summed E-state index contributed by atoms with van der Waals surface area (Å²) in [5.74, 6) is 0. The van der Waals surface area contributed by atoms with Gasteiger partial charge in [0.05, 0.1) is 5.56 Å². The van der Waals surface area contributed by atoms with Crippen LogP contribution >= 0.6 is 0 Å². The first kappa shape index (κ1) is 18.9. The van der Waals surface area contributed by atoms with Crippen molar-refractivity contribution in [2.45, 2.75) is 32.9 Å². The Labute approximate surface area is 154 Å². The Morgan fingerprint density at radius 1 is 1.04 bits per heavy atom. The highest BCUT2D eigenvalue weighted by Gasteiger charge is 2.30. The highest BCUT2D eigenvalue weighted by Crippen LogP contribution is 2.29. The fourth-order valence-corrected chi connectivity index (χ4v) is 3.10. The van der Waals surface area contributed by atoms with Crippen molar-refractivity contribution < 1.29 is 13.2 Å². The van der Waals surface area contributed by atoms with E-state index in [-0.39, 0.29) is 5.43 Å². The van der Waals surface area contributed by atoms with E-state index in [2.05, 4.69) is 9.97 Å². The van der Waals surface area contributed by atoms with Crippen LogP contribution in [0.4, 0.5) is 13.2 Å². The molecule has 0 unspecified atom stereocenters. The minimum atomic E-state index is -4.34. The molecule has 0 bridgehead atoms. The Kier molecular flexibility index (Phi) is 5.17. The summed E-state index contributed by atoms with van der Waals surface area (Å²) < 4.78 is 38.4. The fourth-order valence-electron chi connectivity index (χ4n) is 3.10. The monoisotopic (exact) mass is 372 g/mol. The van der Waals surface area contributed by atoms with E-state index >= 15 is 0 Å². The van der Waals surface area contributed by atoms with Crippen LogP contribution in [0.5, 0.6) is 0 Å². The van der Waals surface area contributed by atoms with E-state index < -0.39 is 11.7 Å². The Morgan fingerprint density at radius 2 is 1.81 bits per heavy atom. The predicted molar refractivity (Wildman–Crippen MR) is 98.6 cm³/mol. The van der Waals surface area contributed by atoms with Crippen LogP contribution in [0.1, 0.15) is 28.2 Å². The van der Waals surface area contributed by atoms with Gasteiger partial charge in [-0.05, 0) is 44.4 Å². The number of benzene rings is 1. The van der Waals surface area contributed by atoms with Gasteiger partial charge in [0, 0.05) is 40.5 Å². The zero-order valence-electron chi connectivity index (χ0n) is 15.0. The SMILES string of the molecule is Cc1cc(=O)c(-c2ccc(CCc3cccc(C(F)(F)F)c3)nc2)c(C)[nH]1. The molecular formula is C21H19F3N2O. The Balaban J connectivity index is 1.75. The molecule has 3 rings (SSSR count). The number of aryl methyl sites for hydroxylation is 4. The van der Waals surface area contributed by atoms with Crippen LogP contribution in [0.25, 0.3) is 11.1 Å². The smallest absolute Gasteiger partial charge is 0.362 e. The molecule has 27 heavy (non-hydrogen) atoms. The lowest BCUT2D eigenvalue weighted by Crippen LogP contribution is -2.09. The predicted octanol–water partition coefficient (Wildman–Crippen LogP) is 4.86. The fraction of sp³-hybridized carbons (Fsp3) is 0.238. The van der Waals surface area contributed by atoms with Gasteiger partial charge in [-0.15, -0.1) is 0 Å². The molecule has 0 saturated carbocycles. The van der Waals surface area contributed by atoms with Crippen LogP contribution in [0.15, 0.2) is 53.5 Å². The molecule has 3 nitrogen and oxygen atoms in total. The van der Waals surface area contributed by atoms with Gasteiger partial charge in [0.2, 0.25) is 0 Å². The van der Waals surface area contributed by atoms with Gasteiger partial charge in [-0.25, -0.2) is 0 Å². The summed E-state index contributed by atoms with van der Waals surface area (Å²) in [5, 5.41) is 0. The standard InChI is InChI=1S/C21H19F3N2O/c1-13-10-19(27)20(14(2)26-13)16-7-9-18(25-12-16)8-6-15-4-3-5-17(11-15)21(22,23)24/h3-5,7,9-12H,6,8H2,1-2H3,(H,26,27). The van der Waals surface area contributed by atoms with Crippen molar-refractivity contribution in [1.82, 2.24) is 9.97 Å². The summed E-state index contributed by atoms with van der Waals surface area (Å²) in [5.41, 5.74) is 3.54. The Morgan fingerprint density at radius 3 is 2.44 bits per heavy atom. The average molecular weight is 372 g/mol. The van der Waals surface area contributed by atoms with Crippen molar-refractivity contribution in [1.29, 1.82) is 0 Å². The maximum Gasteiger partial charge on any atom is 0.416 e. The lowest BCUT2D eigenvalue weighted by molar-refractivity contribution is -0.137. The van der Waals surface area contributed by atoms with E-state index in [1.54, 1.807) is 18.3 Å². The molecule has 0 spiro atoms. The van der Waals surface area contributed by atoms with E-state index in [9.17, 15) is 18.0 Å². The molecular weight excluding hydrogens is 353 g/mol. The van der Waals surface area contributed by atoms with Gasteiger partial charge in [-0.3, -0.25) is 9.78 Å².